The fourth-order valence-electron chi connectivity index (χ4n) is 3.13. The lowest BCUT2D eigenvalue weighted by molar-refractivity contribution is 0.253. The molecule has 2 nitrogen and oxygen atoms in total. The molecule has 2 N–H and O–H groups in total. The summed E-state index contributed by atoms with van der Waals surface area (Å²) in [4.78, 5) is 0. The lowest BCUT2D eigenvalue weighted by Crippen LogP contribution is -2.23. The number of methoxy groups -OCH3 is 1. The molecule has 1 aromatic carbocycles. The molecular weight excluding hydrogens is 234 g/mol. The van der Waals surface area contributed by atoms with Crippen molar-refractivity contribution in [1.82, 2.24) is 0 Å². The summed E-state index contributed by atoms with van der Waals surface area (Å²) in [5.41, 5.74) is 8.59. The van der Waals surface area contributed by atoms with Crippen LogP contribution >= 0.6 is 0 Å². The van der Waals surface area contributed by atoms with Crippen LogP contribution in [0.15, 0.2) is 18.2 Å². The lowest BCUT2D eigenvalue weighted by atomic mass is 9.71. The minimum atomic E-state index is 0.495. The quantitative estimate of drug-likeness (QED) is 0.838. The summed E-state index contributed by atoms with van der Waals surface area (Å²) >= 11 is 0. The zero-order valence-corrected chi connectivity index (χ0v) is 12.5. The first-order valence-electron chi connectivity index (χ1n) is 7.55. The molecule has 106 valence electrons. The first-order chi connectivity index (χ1) is 9.17. The highest BCUT2D eigenvalue weighted by molar-refractivity contribution is 5.40. The highest BCUT2D eigenvalue weighted by Crippen LogP contribution is 2.42. The number of hydrogen-bond acceptors (Lipinski definition) is 2. The van der Waals surface area contributed by atoms with Crippen LogP contribution in [0.3, 0.4) is 0 Å². The molecule has 2 rings (SSSR count). The SMILES string of the molecule is COc1ccc(C(CCN)C2CCC2)cc1C(C)C. The van der Waals surface area contributed by atoms with E-state index in [1.807, 2.05) is 0 Å². The maximum atomic E-state index is 5.81. The van der Waals surface area contributed by atoms with Gasteiger partial charge in [0.1, 0.15) is 5.75 Å². The molecule has 0 aromatic heterocycles. The monoisotopic (exact) mass is 261 g/mol. The average molecular weight is 261 g/mol. The summed E-state index contributed by atoms with van der Waals surface area (Å²) in [6.45, 7) is 5.23. The Morgan fingerprint density at radius 1 is 1.32 bits per heavy atom. The molecule has 0 aliphatic heterocycles. The molecule has 0 bridgehead atoms. The molecule has 1 aliphatic carbocycles. The van der Waals surface area contributed by atoms with E-state index in [1.54, 1.807) is 7.11 Å². The van der Waals surface area contributed by atoms with E-state index in [1.165, 1.54) is 30.4 Å². The molecule has 1 fully saturated rings. The van der Waals surface area contributed by atoms with E-state index in [4.69, 9.17) is 10.5 Å². The topological polar surface area (TPSA) is 35.2 Å². The Balaban J connectivity index is 2.28. The zero-order chi connectivity index (χ0) is 13.8. The normalized spacial score (nSPS) is 17.3. The summed E-state index contributed by atoms with van der Waals surface area (Å²) in [5, 5.41) is 0. The third-order valence-corrected chi connectivity index (χ3v) is 4.50. The third kappa shape index (κ3) is 3.11. The van der Waals surface area contributed by atoms with Crippen LogP contribution < -0.4 is 10.5 Å². The Morgan fingerprint density at radius 3 is 2.53 bits per heavy atom. The van der Waals surface area contributed by atoms with E-state index >= 15 is 0 Å². The van der Waals surface area contributed by atoms with Crippen molar-refractivity contribution < 1.29 is 4.74 Å². The van der Waals surface area contributed by atoms with Crippen molar-refractivity contribution >= 4 is 0 Å². The predicted octanol–water partition coefficient (Wildman–Crippen LogP) is 4.05. The summed E-state index contributed by atoms with van der Waals surface area (Å²) in [6, 6.07) is 6.72. The van der Waals surface area contributed by atoms with Gasteiger partial charge < -0.3 is 10.5 Å². The van der Waals surface area contributed by atoms with Crippen LogP contribution in [-0.4, -0.2) is 13.7 Å². The number of benzene rings is 1. The van der Waals surface area contributed by atoms with Crippen LogP contribution in [0.5, 0.6) is 5.75 Å². The van der Waals surface area contributed by atoms with Crippen LogP contribution in [-0.2, 0) is 0 Å². The first-order valence-corrected chi connectivity index (χ1v) is 7.55. The standard InChI is InChI=1S/C17H27NO/c1-12(2)16-11-14(7-8-17(16)19-3)15(9-10-18)13-5-4-6-13/h7-8,11-13,15H,4-6,9-10,18H2,1-3H3. The van der Waals surface area contributed by atoms with Gasteiger partial charge in [0.2, 0.25) is 0 Å². The van der Waals surface area contributed by atoms with Crippen LogP contribution in [0.2, 0.25) is 0 Å². The van der Waals surface area contributed by atoms with Gasteiger partial charge in [-0.15, -0.1) is 0 Å². The Morgan fingerprint density at radius 2 is 2.05 bits per heavy atom. The average Bonchev–Trinajstić information content (AvgIpc) is 2.35. The van der Waals surface area contributed by atoms with Crippen LogP contribution in [0.1, 0.15) is 62.5 Å². The van der Waals surface area contributed by atoms with Gasteiger partial charge in [0.15, 0.2) is 0 Å². The fraction of sp³-hybridized carbons (Fsp3) is 0.647. The molecule has 1 aliphatic rings. The second-order valence-electron chi connectivity index (χ2n) is 6.03. The smallest absolute Gasteiger partial charge is 0.122 e. The van der Waals surface area contributed by atoms with Gasteiger partial charge in [-0.3, -0.25) is 0 Å². The van der Waals surface area contributed by atoms with E-state index in [0.717, 1.165) is 24.6 Å². The van der Waals surface area contributed by atoms with Gasteiger partial charge in [-0.25, -0.2) is 0 Å². The van der Waals surface area contributed by atoms with Crippen LogP contribution in [0, 0.1) is 5.92 Å². The van der Waals surface area contributed by atoms with Crippen LogP contribution in [0.25, 0.3) is 0 Å². The second-order valence-corrected chi connectivity index (χ2v) is 6.03. The number of rotatable bonds is 6. The molecule has 1 unspecified atom stereocenters. The zero-order valence-electron chi connectivity index (χ0n) is 12.5. The van der Waals surface area contributed by atoms with Crippen molar-refractivity contribution in [2.75, 3.05) is 13.7 Å². The largest absolute Gasteiger partial charge is 0.496 e. The fourth-order valence-corrected chi connectivity index (χ4v) is 3.13. The summed E-state index contributed by atoms with van der Waals surface area (Å²) in [6.07, 6.45) is 5.23. The maximum Gasteiger partial charge on any atom is 0.122 e. The lowest BCUT2D eigenvalue weighted by Gasteiger charge is -2.34. The van der Waals surface area contributed by atoms with Gasteiger partial charge in [0.25, 0.3) is 0 Å². The minimum Gasteiger partial charge on any atom is -0.496 e. The van der Waals surface area contributed by atoms with Gasteiger partial charge >= 0.3 is 0 Å². The van der Waals surface area contributed by atoms with E-state index in [9.17, 15) is 0 Å². The Labute approximate surface area is 117 Å². The highest BCUT2D eigenvalue weighted by Gasteiger charge is 2.28. The van der Waals surface area contributed by atoms with Gasteiger partial charge in [0.05, 0.1) is 7.11 Å². The van der Waals surface area contributed by atoms with Crippen molar-refractivity contribution in [2.24, 2.45) is 11.7 Å². The van der Waals surface area contributed by atoms with E-state index in [-0.39, 0.29) is 0 Å². The predicted molar refractivity (Wildman–Crippen MR) is 80.8 cm³/mol. The molecule has 0 saturated heterocycles. The van der Waals surface area contributed by atoms with E-state index in [2.05, 4.69) is 32.0 Å². The Bertz CT molecular complexity index is 410. The van der Waals surface area contributed by atoms with E-state index in [0.29, 0.717) is 11.8 Å². The van der Waals surface area contributed by atoms with E-state index < -0.39 is 0 Å². The highest BCUT2D eigenvalue weighted by atomic mass is 16.5. The third-order valence-electron chi connectivity index (χ3n) is 4.50. The number of hydrogen-bond donors (Lipinski definition) is 1. The van der Waals surface area contributed by atoms with Gasteiger partial charge in [-0.1, -0.05) is 32.4 Å². The van der Waals surface area contributed by atoms with Crippen molar-refractivity contribution in [1.29, 1.82) is 0 Å². The molecular formula is C17H27NO. The number of nitrogens with two attached hydrogens (primary N) is 1. The number of ether oxygens (including phenoxy) is 1. The van der Waals surface area contributed by atoms with Crippen molar-refractivity contribution in [3.8, 4) is 5.75 Å². The molecule has 1 aromatic rings. The molecule has 2 heteroatoms. The summed E-state index contributed by atoms with van der Waals surface area (Å²) in [5.74, 6) is 2.99. The van der Waals surface area contributed by atoms with Gasteiger partial charge in [-0.2, -0.15) is 0 Å². The van der Waals surface area contributed by atoms with Crippen molar-refractivity contribution in [3.05, 3.63) is 29.3 Å². The molecule has 0 radical (unpaired) electrons. The summed E-state index contributed by atoms with van der Waals surface area (Å²) in [7, 11) is 1.75. The molecule has 19 heavy (non-hydrogen) atoms. The summed E-state index contributed by atoms with van der Waals surface area (Å²) < 4.78 is 5.48. The molecule has 0 heterocycles. The minimum absolute atomic E-state index is 0.495. The molecule has 1 atom stereocenters. The van der Waals surface area contributed by atoms with Crippen LogP contribution in [0.4, 0.5) is 0 Å². The first kappa shape index (κ1) is 14.4. The van der Waals surface area contributed by atoms with Gasteiger partial charge in [0, 0.05) is 0 Å². The molecule has 0 amide bonds. The van der Waals surface area contributed by atoms with Gasteiger partial charge in [-0.05, 0) is 60.8 Å². The molecule has 1 saturated carbocycles. The van der Waals surface area contributed by atoms with Crippen molar-refractivity contribution in [2.45, 2.75) is 51.4 Å². The Hall–Kier alpha value is -1.02. The maximum absolute atomic E-state index is 5.81. The Kier molecular flexibility index (Phi) is 4.87. The second kappa shape index (κ2) is 6.42. The molecule has 0 spiro atoms. The van der Waals surface area contributed by atoms with Crippen molar-refractivity contribution in [3.63, 3.8) is 0 Å².